The van der Waals surface area contributed by atoms with E-state index in [0.717, 1.165) is 30.4 Å². The van der Waals surface area contributed by atoms with Gasteiger partial charge in [0, 0.05) is 11.1 Å². The Balaban J connectivity index is 2.71. The monoisotopic (exact) mass is 350 g/mol. The van der Waals surface area contributed by atoms with Gasteiger partial charge < -0.3 is 10.5 Å². The molecular weight excluding hydrogens is 341 g/mol. The predicted molar refractivity (Wildman–Crippen MR) is 74.2 cm³/mol. The third-order valence-electron chi connectivity index (χ3n) is 2.33. The molecule has 0 bridgehead atoms. The Labute approximate surface area is 133 Å². The minimum Gasteiger partial charge on any atom is -0.452 e. The number of alkyl halides is 3. The molecule has 124 valence electrons. The molecule has 10 heteroatoms. The maximum atomic E-state index is 12.6. The van der Waals surface area contributed by atoms with Gasteiger partial charge in [0.15, 0.2) is 6.61 Å². The average Bonchev–Trinajstić information content (AvgIpc) is 2.42. The minimum atomic E-state index is -4.56. The molecule has 0 fully saturated rings. The van der Waals surface area contributed by atoms with E-state index in [0.29, 0.717) is 0 Å². The molecule has 3 N–H and O–H groups in total. The van der Waals surface area contributed by atoms with Gasteiger partial charge in [0.2, 0.25) is 0 Å². The lowest BCUT2D eigenvalue weighted by Crippen LogP contribution is -2.37. The van der Waals surface area contributed by atoms with Gasteiger partial charge in [-0.15, -0.1) is 0 Å². The lowest BCUT2D eigenvalue weighted by atomic mass is 10.1. The van der Waals surface area contributed by atoms with Crippen molar-refractivity contribution in [2.45, 2.75) is 6.18 Å². The van der Waals surface area contributed by atoms with Gasteiger partial charge in [0.1, 0.15) is 0 Å². The lowest BCUT2D eigenvalue weighted by molar-refractivity contribution is -0.143. The average molecular weight is 351 g/mol. The van der Waals surface area contributed by atoms with Crippen molar-refractivity contribution in [2.75, 3.05) is 6.61 Å². The number of benzene rings is 1. The smallest absolute Gasteiger partial charge is 0.416 e. The van der Waals surface area contributed by atoms with Crippen molar-refractivity contribution in [1.82, 2.24) is 5.32 Å². The third kappa shape index (κ3) is 6.39. The van der Waals surface area contributed by atoms with Crippen LogP contribution in [-0.4, -0.2) is 24.5 Å². The van der Waals surface area contributed by atoms with Gasteiger partial charge in [-0.2, -0.15) is 13.2 Å². The number of ether oxygens (including phenoxy) is 1. The van der Waals surface area contributed by atoms with Crippen molar-refractivity contribution in [2.24, 2.45) is 5.73 Å². The Kier molecular flexibility index (Phi) is 6.14. The molecule has 6 nitrogen and oxygen atoms in total. The van der Waals surface area contributed by atoms with E-state index < -0.39 is 36.3 Å². The van der Waals surface area contributed by atoms with Crippen LogP contribution >= 0.6 is 11.6 Å². The van der Waals surface area contributed by atoms with Crippen molar-refractivity contribution in [1.29, 1.82) is 0 Å². The standard InChI is InChI=1S/C13H10ClF3N2O4/c14-9-3-2-8(13(15,16)17)5-7(9)1-4-11(21)23-6-10(20)19-12(18)22/h1-5H,6H2,(H3,18,19,20,22)/b4-1+. The molecule has 0 radical (unpaired) electrons. The summed E-state index contributed by atoms with van der Waals surface area (Å²) < 4.78 is 42.2. The highest BCUT2D eigenvalue weighted by atomic mass is 35.5. The van der Waals surface area contributed by atoms with E-state index >= 15 is 0 Å². The second-order valence-electron chi connectivity index (χ2n) is 4.09. The maximum absolute atomic E-state index is 12.6. The number of nitrogens with one attached hydrogen (secondary N) is 1. The van der Waals surface area contributed by atoms with Crippen LogP contribution in [0.5, 0.6) is 0 Å². The van der Waals surface area contributed by atoms with Crippen molar-refractivity contribution in [3.05, 3.63) is 40.4 Å². The summed E-state index contributed by atoms with van der Waals surface area (Å²) in [5.74, 6) is -1.96. The highest BCUT2D eigenvalue weighted by molar-refractivity contribution is 6.32. The minimum absolute atomic E-state index is 0.00600. The summed E-state index contributed by atoms with van der Waals surface area (Å²) in [5, 5.41) is 1.65. The largest absolute Gasteiger partial charge is 0.452 e. The quantitative estimate of drug-likeness (QED) is 0.641. The van der Waals surface area contributed by atoms with Crippen LogP contribution in [0.2, 0.25) is 5.02 Å². The number of nitrogens with two attached hydrogens (primary N) is 1. The Bertz CT molecular complexity index is 659. The number of urea groups is 1. The van der Waals surface area contributed by atoms with Crippen LogP contribution in [0.4, 0.5) is 18.0 Å². The van der Waals surface area contributed by atoms with E-state index in [-0.39, 0.29) is 10.6 Å². The Morgan fingerprint density at radius 1 is 1.30 bits per heavy atom. The Morgan fingerprint density at radius 3 is 2.52 bits per heavy atom. The molecule has 0 saturated heterocycles. The first-order chi connectivity index (χ1) is 10.6. The zero-order chi connectivity index (χ0) is 17.6. The molecule has 1 aromatic rings. The van der Waals surface area contributed by atoms with E-state index in [1.54, 1.807) is 5.32 Å². The van der Waals surface area contributed by atoms with Gasteiger partial charge >= 0.3 is 18.2 Å². The molecule has 0 heterocycles. The van der Waals surface area contributed by atoms with Crippen LogP contribution in [0.3, 0.4) is 0 Å². The maximum Gasteiger partial charge on any atom is 0.416 e. The lowest BCUT2D eigenvalue weighted by Gasteiger charge is -2.08. The predicted octanol–water partition coefficient (Wildman–Crippen LogP) is 2.11. The highest BCUT2D eigenvalue weighted by Gasteiger charge is 2.30. The fraction of sp³-hybridized carbons (Fsp3) is 0.154. The molecule has 0 unspecified atom stereocenters. The molecule has 0 aliphatic rings. The summed E-state index contributed by atoms with van der Waals surface area (Å²) in [5.41, 5.74) is 3.68. The summed E-state index contributed by atoms with van der Waals surface area (Å²) in [4.78, 5) is 32.7. The number of esters is 1. The highest BCUT2D eigenvalue weighted by Crippen LogP contribution is 2.32. The van der Waals surface area contributed by atoms with Crippen LogP contribution in [0.1, 0.15) is 11.1 Å². The van der Waals surface area contributed by atoms with Gasteiger partial charge in [-0.3, -0.25) is 10.1 Å². The SMILES string of the molecule is NC(=O)NC(=O)COC(=O)/C=C/c1cc(C(F)(F)F)ccc1Cl. The Hall–Kier alpha value is -2.55. The topological polar surface area (TPSA) is 98.5 Å². The van der Waals surface area contributed by atoms with Crippen LogP contribution in [0.25, 0.3) is 6.08 Å². The number of hydrogen-bond acceptors (Lipinski definition) is 4. The first-order valence-electron chi connectivity index (χ1n) is 5.90. The molecule has 0 aliphatic heterocycles. The molecule has 0 saturated carbocycles. The van der Waals surface area contributed by atoms with Gasteiger partial charge in [0.25, 0.3) is 5.91 Å². The van der Waals surface area contributed by atoms with Crippen molar-refractivity contribution in [3.8, 4) is 0 Å². The summed E-state index contributed by atoms with van der Waals surface area (Å²) in [6, 6.07) is 1.48. The fourth-order valence-corrected chi connectivity index (χ4v) is 1.54. The van der Waals surface area contributed by atoms with Crippen molar-refractivity contribution >= 4 is 35.6 Å². The molecule has 0 aromatic heterocycles. The van der Waals surface area contributed by atoms with Crippen molar-refractivity contribution < 1.29 is 32.3 Å². The van der Waals surface area contributed by atoms with E-state index in [1.165, 1.54) is 0 Å². The molecule has 23 heavy (non-hydrogen) atoms. The summed E-state index contributed by atoms with van der Waals surface area (Å²) >= 11 is 5.73. The zero-order valence-corrected chi connectivity index (χ0v) is 12.1. The van der Waals surface area contributed by atoms with Crippen LogP contribution < -0.4 is 11.1 Å². The van der Waals surface area contributed by atoms with Crippen LogP contribution in [-0.2, 0) is 20.5 Å². The van der Waals surface area contributed by atoms with Crippen LogP contribution in [0, 0.1) is 0 Å². The second-order valence-corrected chi connectivity index (χ2v) is 4.49. The molecular formula is C13H10ClF3N2O4. The fourth-order valence-electron chi connectivity index (χ4n) is 1.36. The second kappa shape index (κ2) is 7.63. The molecule has 1 aromatic carbocycles. The first-order valence-corrected chi connectivity index (χ1v) is 6.28. The van der Waals surface area contributed by atoms with E-state index in [2.05, 4.69) is 10.5 Å². The van der Waals surface area contributed by atoms with E-state index in [9.17, 15) is 27.6 Å². The Morgan fingerprint density at radius 2 is 1.96 bits per heavy atom. The van der Waals surface area contributed by atoms with Gasteiger partial charge in [-0.05, 0) is 29.8 Å². The molecule has 3 amide bonds. The van der Waals surface area contributed by atoms with Crippen molar-refractivity contribution in [3.63, 3.8) is 0 Å². The first kappa shape index (κ1) is 18.5. The van der Waals surface area contributed by atoms with Gasteiger partial charge in [0.05, 0.1) is 5.56 Å². The number of primary amides is 1. The summed E-state index contributed by atoms with van der Waals surface area (Å²) in [6.45, 7) is -0.775. The molecule has 0 spiro atoms. The number of halogens is 4. The van der Waals surface area contributed by atoms with Gasteiger partial charge in [-0.1, -0.05) is 11.6 Å². The number of imide groups is 1. The number of amides is 3. The van der Waals surface area contributed by atoms with Gasteiger partial charge in [-0.25, -0.2) is 9.59 Å². The molecule has 0 aliphatic carbocycles. The number of carbonyl (C=O) groups excluding carboxylic acids is 3. The molecule has 1 rings (SSSR count). The number of hydrogen-bond donors (Lipinski definition) is 2. The summed E-state index contributed by atoms with van der Waals surface area (Å²) in [6.07, 6.45) is -2.76. The van der Waals surface area contributed by atoms with E-state index in [4.69, 9.17) is 11.6 Å². The summed E-state index contributed by atoms with van der Waals surface area (Å²) in [7, 11) is 0. The van der Waals surface area contributed by atoms with E-state index in [1.807, 2.05) is 0 Å². The number of rotatable bonds is 4. The van der Waals surface area contributed by atoms with Crippen LogP contribution in [0.15, 0.2) is 24.3 Å². The third-order valence-corrected chi connectivity index (χ3v) is 2.67. The molecule has 0 atom stereocenters. The zero-order valence-electron chi connectivity index (χ0n) is 11.3. The normalized spacial score (nSPS) is 11.3. The number of carbonyl (C=O) groups is 3.